The second-order valence-corrected chi connectivity index (χ2v) is 9.46. The van der Waals surface area contributed by atoms with E-state index in [1.807, 2.05) is 24.3 Å². The molecule has 0 aromatic heterocycles. The molecule has 0 unspecified atom stereocenters. The largest absolute Gasteiger partial charge is 0.493 e. The number of benzene rings is 2. The lowest BCUT2D eigenvalue weighted by Crippen LogP contribution is -2.59. The number of methoxy groups -OCH3 is 2. The Morgan fingerprint density at radius 3 is 2.49 bits per heavy atom. The van der Waals surface area contributed by atoms with Crippen LogP contribution in [0.5, 0.6) is 11.5 Å². The minimum atomic E-state index is -1.55. The van der Waals surface area contributed by atoms with Crippen LogP contribution in [0.4, 0.5) is 0 Å². The first-order valence-corrected chi connectivity index (χ1v) is 12.8. The molecule has 0 amide bonds. The molecule has 0 radical (unpaired) electrons. The van der Waals surface area contributed by atoms with Crippen molar-refractivity contribution in [2.45, 2.75) is 56.6 Å². The molecule has 0 saturated carbocycles. The van der Waals surface area contributed by atoms with E-state index >= 15 is 0 Å². The van der Waals surface area contributed by atoms with Crippen molar-refractivity contribution in [3.63, 3.8) is 0 Å². The Balaban J connectivity index is 1.64. The minimum Gasteiger partial charge on any atom is -0.493 e. The molecule has 3 rings (SSSR count). The summed E-state index contributed by atoms with van der Waals surface area (Å²) >= 11 is 6.41. The molecular formula is C27H34ClNO10. The molecule has 11 nitrogen and oxygen atoms in total. The summed E-state index contributed by atoms with van der Waals surface area (Å²) in [6, 6.07) is 10.2. The van der Waals surface area contributed by atoms with Crippen molar-refractivity contribution in [2.24, 2.45) is 5.73 Å². The molecule has 1 aliphatic heterocycles. The van der Waals surface area contributed by atoms with Crippen LogP contribution in [0.1, 0.15) is 34.3 Å². The van der Waals surface area contributed by atoms with Crippen molar-refractivity contribution in [1.29, 1.82) is 0 Å². The van der Waals surface area contributed by atoms with Crippen LogP contribution >= 0.6 is 11.6 Å². The molecule has 0 aliphatic carbocycles. The molecule has 5 atom stereocenters. The maximum atomic E-state index is 12.7. The lowest BCUT2D eigenvalue weighted by atomic mass is 9.99. The second-order valence-electron chi connectivity index (χ2n) is 9.05. The van der Waals surface area contributed by atoms with Crippen LogP contribution in [-0.4, -0.2) is 85.1 Å². The van der Waals surface area contributed by atoms with Crippen LogP contribution < -0.4 is 15.2 Å². The number of nitrogens with two attached hydrogens (primary N) is 1. The monoisotopic (exact) mass is 567 g/mol. The average Bonchev–Trinajstić information content (AvgIpc) is 2.93. The minimum absolute atomic E-state index is 0.0522. The van der Waals surface area contributed by atoms with Gasteiger partial charge in [0.25, 0.3) is 0 Å². The molecular weight excluding hydrogens is 534 g/mol. The molecule has 0 bridgehead atoms. The maximum Gasteiger partial charge on any atom is 0.338 e. The number of hydrogen-bond donors (Lipinski definition) is 4. The van der Waals surface area contributed by atoms with Crippen molar-refractivity contribution < 1.29 is 48.6 Å². The Morgan fingerprint density at radius 2 is 1.79 bits per heavy atom. The summed E-state index contributed by atoms with van der Waals surface area (Å²) in [5.41, 5.74) is 7.20. The van der Waals surface area contributed by atoms with E-state index in [0.29, 0.717) is 25.8 Å². The summed E-state index contributed by atoms with van der Waals surface area (Å²) in [4.78, 5) is 24.8. The van der Waals surface area contributed by atoms with E-state index in [4.69, 9.17) is 41.0 Å². The highest BCUT2D eigenvalue weighted by molar-refractivity contribution is 6.32. The smallest absolute Gasteiger partial charge is 0.338 e. The number of halogens is 1. The number of ether oxygens (including phenoxy) is 5. The van der Waals surface area contributed by atoms with Gasteiger partial charge in [0.15, 0.2) is 17.8 Å². The zero-order valence-electron chi connectivity index (χ0n) is 21.7. The summed E-state index contributed by atoms with van der Waals surface area (Å²) in [6.45, 7) is 0.185. The Hall–Kier alpha value is -2.77. The first-order valence-electron chi connectivity index (χ1n) is 12.4. The average molecular weight is 568 g/mol. The maximum absolute atomic E-state index is 12.7. The molecule has 2 aromatic carbocycles. The van der Waals surface area contributed by atoms with Gasteiger partial charge in [0.2, 0.25) is 0 Å². The molecule has 39 heavy (non-hydrogen) atoms. The SMILES string of the molecule is COc1cc(C(=O)OC[C@H]2O[C@@H](OC)[C@H](O)[C@@H](O)[C@@H]2O)cc(Cl)c1OCc1cccc(CC(=O)CCCN)c1. The zero-order chi connectivity index (χ0) is 28.5. The number of aliphatic hydroxyl groups excluding tert-OH is 3. The molecule has 1 saturated heterocycles. The summed E-state index contributed by atoms with van der Waals surface area (Å²) in [5, 5.41) is 30.1. The van der Waals surface area contributed by atoms with Crippen molar-refractivity contribution in [2.75, 3.05) is 27.4 Å². The van der Waals surface area contributed by atoms with Crippen LogP contribution in [-0.2, 0) is 32.0 Å². The van der Waals surface area contributed by atoms with Gasteiger partial charge in [-0.3, -0.25) is 4.79 Å². The highest BCUT2D eigenvalue weighted by Crippen LogP contribution is 2.37. The van der Waals surface area contributed by atoms with E-state index in [1.165, 1.54) is 26.4 Å². The predicted molar refractivity (Wildman–Crippen MR) is 140 cm³/mol. The van der Waals surface area contributed by atoms with Crippen LogP contribution in [0, 0.1) is 0 Å². The number of hydrogen-bond acceptors (Lipinski definition) is 11. The Kier molecular flexibility index (Phi) is 11.5. The van der Waals surface area contributed by atoms with Crippen LogP contribution in [0.25, 0.3) is 0 Å². The first-order chi connectivity index (χ1) is 18.7. The van der Waals surface area contributed by atoms with E-state index in [-0.39, 0.29) is 34.5 Å². The molecule has 0 spiro atoms. The fourth-order valence-corrected chi connectivity index (χ4v) is 4.33. The predicted octanol–water partition coefficient (Wildman–Crippen LogP) is 1.39. The second kappa shape index (κ2) is 14.6. The van der Waals surface area contributed by atoms with Gasteiger partial charge in [-0.05, 0) is 36.2 Å². The Bertz CT molecular complexity index is 1130. The number of esters is 1. The quantitative estimate of drug-likeness (QED) is 0.258. The number of carbonyl (C=O) groups excluding carboxylic acids is 2. The summed E-state index contributed by atoms with van der Waals surface area (Å²) in [5.74, 6) is -0.276. The zero-order valence-corrected chi connectivity index (χ0v) is 22.5. The fraction of sp³-hybridized carbons (Fsp3) is 0.481. The Morgan fingerprint density at radius 1 is 1.05 bits per heavy atom. The molecule has 5 N–H and O–H groups in total. The van der Waals surface area contributed by atoms with E-state index in [0.717, 1.165) is 11.1 Å². The van der Waals surface area contributed by atoms with E-state index in [1.54, 1.807) is 0 Å². The highest BCUT2D eigenvalue weighted by atomic mass is 35.5. The van der Waals surface area contributed by atoms with Crippen LogP contribution in [0.15, 0.2) is 36.4 Å². The van der Waals surface area contributed by atoms with E-state index in [9.17, 15) is 24.9 Å². The van der Waals surface area contributed by atoms with Gasteiger partial charge < -0.3 is 44.7 Å². The van der Waals surface area contributed by atoms with Crippen molar-refractivity contribution >= 4 is 23.4 Å². The standard InChI is InChI=1S/C27H34ClNO10/c1-35-20-12-17(26(34)38-14-21-22(31)23(32)24(33)27(36-2)39-21)11-19(28)25(20)37-13-16-6-3-5-15(9-16)10-18(30)7-4-8-29/h3,5-6,9,11-12,21-24,27,31-33H,4,7-8,10,13-14,29H2,1-2H3/t21-,22-,23+,24-,27-/m1/s1. The third-order valence-corrected chi connectivity index (χ3v) is 6.46. The molecule has 1 heterocycles. The lowest BCUT2D eigenvalue weighted by Gasteiger charge is -2.39. The van der Waals surface area contributed by atoms with E-state index < -0.39 is 43.3 Å². The number of carbonyl (C=O) groups is 2. The van der Waals surface area contributed by atoms with Gasteiger partial charge in [-0.2, -0.15) is 0 Å². The van der Waals surface area contributed by atoms with E-state index in [2.05, 4.69) is 0 Å². The normalized spacial score (nSPS) is 22.8. The molecule has 1 fully saturated rings. The van der Waals surface area contributed by atoms with Gasteiger partial charge in [0.1, 0.15) is 43.4 Å². The van der Waals surface area contributed by atoms with Crippen LogP contribution in [0.2, 0.25) is 5.02 Å². The number of rotatable bonds is 13. The van der Waals surface area contributed by atoms with Crippen LogP contribution in [0.3, 0.4) is 0 Å². The van der Waals surface area contributed by atoms with Gasteiger partial charge in [-0.1, -0.05) is 35.9 Å². The third-order valence-electron chi connectivity index (χ3n) is 6.18. The van der Waals surface area contributed by atoms with Crippen molar-refractivity contribution in [1.82, 2.24) is 0 Å². The van der Waals surface area contributed by atoms with Gasteiger partial charge >= 0.3 is 5.97 Å². The van der Waals surface area contributed by atoms with Gasteiger partial charge in [0, 0.05) is 20.0 Å². The lowest BCUT2D eigenvalue weighted by molar-refractivity contribution is -0.294. The van der Waals surface area contributed by atoms with Gasteiger partial charge in [-0.15, -0.1) is 0 Å². The number of ketones is 1. The summed E-state index contributed by atoms with van der Waals surface area (Å²) < 4.78 is 26.8. The van der Waals surface area contributed by atoms with Crippen molar-refractivity contribution in [3.8, 4) is 11.5 Å². The first kappa shape index (κ1) is 30.8. The topological polar surface area (TPSA) is 167 Å². The third kappa shape index (κ3) is 8.12. The molecule has 12 heteroatoms. The summed E-state index contributed by atoms with van der Waals surface area (Å²) in [7, 11) is 2.66. The Labute approximate surface area is 231 Å². The van der Waals surface area contributed by atoms with Gasteiger partial charge in [0.05, 0.1) is 17.7 Å². The number of Topliss-reactive ketones (excluding diaryl/α,β-unsaturated/α-hetero) is 1. The molecule has 1 aliphatic rings. The number of aliphatic hydroxyl groups is 3. The summed E-state index contributed by atoms with van der Waals surface area (Å²) in [6.07, 6.45) is -5.44. The molecule has 214 valence electrons. The fourth-order valence-electron chi connectivity index (χ4n) is 4.07. The van der Waals surface area contributed by atoms with Gasteiger partial charge in [-0.25, -0.2) is 4.79 Å². The van der Waals surface area contributed by atoms with Crippen molar-refractivity contribution in [3.05, 3.63) is 58.1 Å². The highest BCUT2D eigenvalue weighted by Gasteiger charge is 2.44. The molecule has 2 aromatic rings.